The summed E-state index contributed by atoms with van der Waals surface area (Å²) in [5.74, 6) is 0.272. The Morgan fingerprint density at radius 1 is 1.46 bits per heavy atom. The largest absolute Gasteiger partial charge is 0.337 e. The molecule has 1 N–H and O–H groups in total. The quantitative estimate of drug-likeness (QED) is 0.919. The Labute approximate surface area is 148 Å². The first kappa shape index (κ1) is 18.7. The van der Waals surface area contributed by atoms with Gasteiger partial charge in [0.25, 0.3) is 11.6 Å². The second-order valence-electron chi connectivity index (χ2n) is 6.58. The fraction of sp³-hybridized carbons (Fsp3) is 0.588. The molecule has 1 fully saturated rings. The normalized spacial score (nSPS) is 18.0. The Morgan fingerprint density at radius 3 is 2.88 bits per heavy atom. The van der Waals surface area contributed by atoms with E-state index in [4.69, 9.17) is 4.52 Å². The number of rotatable bonds is 3. The molecule has 1 aliphatic rings. The number of hydrogen-bond acceptors (Lipinski definition) is 5. The van der Waals surface area contributed by atoms with Crippen molar-refractivity contribution in [1.82, 2.24) is 20.4 Å². The second-order valence-corrected chi connectivity index (χ2v) is 6.58. The number of aryl methyl sites for hydroxylation is 1. The van der Waals surface area contributed by atoms with E-state index in [0.29, 0.717) is 23.0 Å². The summed E-state index contributed by atoms with van der Waals surface area (Å²) in [7, 11) is 1.95. The molecule has 1 aliphatic heterocycles. The van der Waals surface area contributed by atoms with E-state index < -0.39 is 0 Å². The van der Waals surface area contributed by atoms with E-state index in [-0.39, 0.29) is 24.2 Å². The smallest absolute Gasteiger partial charge is 0.259 e. The van der Waals surface area contributed by atoms with Crippen LogP contribution in [0.5, 0.6) is 0 Å². The van der Waals surface area contributed by atoms with Crippen LogP contribution in [0.15, 0.2) is 10.6 Å². The van der Waals surface area contributed by atoms with Crippen molar-refractivity contribution in [1.29, 1.82) is 0 Å². The average Bonchev–Trinajstić information content (AvgIpc) is 2.94. The molecule has 132 valence electrons. The lowest BCUT2D eigenvalue weighted by Gasteiger charge is -2.32. The summed E-state index contributed by atoms with van der Waals surface area (Å²) in [6.07, 6.45) is 2.13. The fourth-order valence-electron chi connectivity index (χ4n) is 3.15. The molecule has 7 heteroatoms. The van der Waals surface area contributed by atoms with Crippen molar-refractivity contribution < 1.29 is 9.32 Å². The molecule has 0 aliphatic carbocycles. The third kappa shape index (κ3) is 3.39. The maximum Gasteiger partial charge on any atom is 0.259 e. The van der Waals surface area contributed by atoms with Crippen LogP contribution in [0.1, 0.15) is 54.4 Å². The molecule has 6 nitrogen and oxygen atoms in total. The molecule has 0 saturated carbocycles. The third-order valence-electron chi connectivity index (χ3n) is 4.58. The van der Waals surface area contributed by atoms with E-state index in [9.17, 15) is 4.79 Å². The van der Waals surface area contributed by atoms with E-state index in [2.05, 4.69) is 29.3 Å². The van der Waals surface area contributed by atoms with Crippen molar-refractivity contribution >= 4 is 29.4 Å². The maximum atomic E-state index is 13.1. The highest BCUT2D eigenvalue weighted by molar-refractivity contribution is 6.06. The average molecular weight is 353 g/mol. The zero-order chi connectivity index (χ0) is 16.6. The molecule has 2 aromatic heterocycles. The Morgan fingerprint density at radius 2 is 2.21 bits per heavy atom. The summed E-state index contributed by atoms with van der Waals surface area (Å²) < 4.78 is 5.32. The Kier molecular flexibility index (Phi) is 5.83. The Bertz CT molecular complexity index is 729. The van der Waals surface area contributed by atoms with Crippen LogP contribution in [0, 0.1) is 6.92 Å². The Balaban J connectivity index is 0.00000208. The van der Waals surface area contributed by atoms with E-state index in [1.807, 2.05) is 24.9 Å². The topological polar surface area (TPSA) is 71.3 Å². The van der Waals surface area contributed by atoms with Gasteiger partial charge in [0.15, 0.2) is 0 Å². The predicted molar refractivity (Wildman–Crippen MR) is 95.9 cm³/mol. The molecule has 1 saturated heterocycles. The number of likely N-dealkylation sites (N-methyl/N-ethyl adjacent to an activating group) is 1. The van der Waals surface area contributed by atoms with E-state index in [1.54, 1.807) is 0 Å². The van der Waals surface area contributed by atoms with Crippen molar-refractivity contribution in [2.75, 3.05) is 20.1 Å². The predicted octanol–water partition coefficient (Wildman–Crippen LogP) is 2.90. The highest BCUT2D eigenvalue weighted by Crippen LogP contribution is 2.27. The van der Waals surface area contributed by atoms with Gasteiger partial charge < -0.3 is 14.7 Å². The first-order valence-electron chi connectivity index (χ1n) is 8.24. The maximum absolute atomic E-state index is 13.1. The van der Waals surface area contributed by atoms with Crippen molar-refractivity contribution in [2.45, 2.75) is 45.6 Å². The summed E-state index contributed by atoms with van der Waals surface area (Å²) in [5, 5.41) is 8.01. The van der Waals surface area contributed by atoms with Gasteiger partial charge >= 0.3 is 0 Å². The highest BCUT2D eigenvalue weighted by atomic mass is 35.5. The lowest BCUT2D eigenvalue weighted by molar-refractivity contribution is 0.0700. The molecule has 1 amide bonds. The van der Waals surface area contributed by atoms with Gasteiger partial charge in [-0.1, -0.05) is 19.0 Å². The Hall–Kier alpha value is -1.66. The van der Waals surface area contributed by atoms with Crippen LogP contribution in [0.3, 0.4) is 0 Å². The number of pyridine rings is 1. The third-order valence-corrected chi connectivity index (χ3v) is 4.58. The SMILES string of the molecule is CNC1CCCN(C(=O)c2cc(C(C)C)nc3onc(C)c23)C1.Cl. The summed E-state index contributed by atoms with van der Waals surface area (Å²) in [6.45, 7) is 7.50. The van der Waals surface area contributed by atoms with Gasteiger partial charge in [0, 0.05) is 24.8 Å². The number of carbonyl (C=O) groups excluding carboxylic acids is 1. The van der Waals surface area contributed by atoms with Gasteiger partial charge in [0.2, 0.25) is 0 Å². The van der Waals surface area contributed by atoms with Crippen LogP contribution in [-0.2, 0) is 0 Å². The number of halogens is 1. The summed E-state index contributed by atoms with van der Waals surface area (Å²) in [6, 6.07) is 2.26. The van der Waals surface area contributed by atoms with E-state index in [1.165, 1.54) is 0 Å². The molecule has 0 bridgehead atoms. The van der Waals surface area contributed by atoms with Crippen LogP contribution >= 0.6 is 12.4 Å². The lowest BCUT2D eigenvalue weighted by atomic mass is 10.0. The van der Waals surface area contributed by atoms with E-state index >= 15 is 0 Å². The van der Waals surface area contributed by atoms with Crippen molar-refractivity contribution in [3.05, 3.63) is 23.0 Å². The van der Waals surface area contributed by atoms with Gasteiger partial charge in [0.1, 0.15) is 0 Å². The molecule has 0 radical (unpaired) electrons. The number of piperidine rings is 1. The van der Waals surface area contributed by atoms with Crippen molar-refractivity contribution in [2.24, 2.45) is 0 Å². The standard InChI is InChI=1S/C17H24N4O2.ClH/c1-10(2)14-8-13(15-11(3)20-23-16(15)19-14)17(22)21-7-5-6-12(9-21)18-4;/h8,10,12,18H,5-7,9H2,1-4H3;1H. The number of nitrogens with zero attached hydrogens (tertiary/aromatic N) is 3. The molecule has 1 atom stereocenters. The van der Waals surface area contributed by atoms with Gasteiger partial charge in [-0.25, -0.2) is 4.98 Å². The lowest BCUT2D eigenvalue weighted by Crippen LogP contribution is -2.47. The number of carbonyl (C=O) groups is 1. The van der Waals surface area contributed by atoms with Crippen LogP contribution in [0.2, 0.25) is 0 Å². The van der Waals surface area contributed by atoms with Crippen LogP contribution < -0.4 is 5.32 Å². The van der Waals surface area contributed by atoms with Crippen LogP contribution in [0.4, 0.5) is 0 Å². The van der Waals surface area contributed by atoms with Crippen molar-refractivity contribution in [3.63, 3.8) is 0 Å². The number of hydrogen-bond donors (Lipinski definition) is 1. The molecule has 3 rings (SSSR count). The zero-order valence-corrected chi connectivity index (χ0v) is 15.4. The first-order valence-corrected chi connectivity index (χ1v) is 8.24. The minimum Gasteiger partial charge on any atom is -0.337 e. The monoisotopic (exact) mass is 352 g/mol. The molecular formula is C17H25ClN4O2. The second kappa shape index (κ2) is 7.49. The zero-order valence-electron chi connectivity index (χ0n) is 14.6. The first-order chi connectivity index (χ1) is 11.0. The number of aromatic nitrogens is 2. The molecule has 24 heavy (non-hydrogen) atoms. The van der Waals surface area contributed by atoms with Gasteiger partial charge in [-0.05, 0) is 38.8 Å². The number of likely N-dealkylation sites (tertiary alicyclic amines) is 1. The summed E-state index contributed by atoms with van der Waals surface area (Å²) >= 11 is 0. The van der Waals surface area contributed by atoms with Crippen LogP contribution in [0.25, 0.3) is 11.1 Å². The molecular weight excluding hydrogens is 328 g/mol. The van der Waals surface area contributed by atoms with Gasteiger partial charge in [-0.3, -0.25) is 4.79 Å². The molecule has 2 aromatic rings. The minimum atomic E-state index is 0. The minimum absolute atomic E-state index is 0. The van der Waals surface area contributed by atoms with Crippen molar-refractivity contribution in [3.8, 4) is 0 Å². The van der Waals surface area contributed by atoms with Crippen LogP contribution in [-0.4, -0.2) is 47.1 Å². The molecule has 3 heterocycles. The molecule has 1 unspecified atom stereocenters. The summed E-state index contributed by atoms with van der Waals surface area (Å²) in [4.78, 5) is 19.5. The number of amides is 1. The van der Waals surface area contributed by atoms with Gasteiger partial charge in [-0.2, -0.15) is 0 Å². The fourth-order valence-corrected chi connectivity index (χ4v) is 3.15. The highest BCUT2D eigenvalue weighted by Gasteiger charge is 2.27. The summed E-state index contributed by atoms with van der Waals surface area (Å²) in [5.41, 5.74) is 2.70. The van der Waals surface area contributed by atoms with Gasteiger partial charge in [-0.15, -0.1) is 12.4 Å². The molecule has 0 spiro atoms. The van der Waals surface area contributed by atoms with E-state index in [0.717, 1.165) is 37.0 Å². The number of nitrogens with one attached hydrogen (secondary N) is 1. The number of fused-ring (bicyclic) bond motifs is 1. The molecule has 0 aromatic carbocycles. The van der Waals surface area contributed by atoms with Gasteiger partial charge in [0.05, 0.1) is 16.6 Å².